The second kappa shape index (κ2) is 9.95. The number of benzene rings is 1. The summed E-state index contributed by atoms with van der Waals surface area (Å²) in [6.45, 7) is 13.7. The number of aryl methyl sites for hydroxylation is 1. The van der Waals surface area contributed by atoms with Crippen LogP contribution in [0.25, 0.3) is 16.7 Å². The first kappa shape index (κ1) is 26.1. The number of aliphatic hydroxyl groups excluding tert-OH is 1. The quantitative estimate of drug-likeness (QED) is 0.376. The van der Waals surface area contributed by atoms with Gasteiger partial charge in [0.15, 0.2) is 0 Å². The largest absolute Gasteiger partial charge is 0.399 e. The van der Waals surface area contributed by atoms with Crippen LogP contribution in [-0.2, 0) is 11.8 Å². The molecule has 2 fully saturated rings. The Morgan fingerprint density at radius 3 is 2.65 bits per heavy atom. The summed E-state index contributed by atoms with van der Waals surface area (Å²) in [5, 5.41) is 10.8. The number of fused-ring (bicyclic) bond motifs is 1. The Labute approximate surface area is 222 Å². The second-order valence-corrected chi connectivity index (χ2v) is 12.8. The molecular weight excluding hydrogens is 458 g/mol. The summed E-state index contributed by atoms with van der Waals surface area (Å²) in [5.74, 6) is 2.19. The van der Waals surface area contributed by atoms with E-state index in [0.717, 1.165) is 59.8 Å². The fraction of sp³-hybridized carbons (Fsp3) is 0.581. The number of H-pyrrole nitrogens is 1. The Hall–Kier alpha value is -2.57. The molecule has 2 aliphatic rings. The number of hydrogen-bond donors (Lipinski definition) is 3. The molecule has 3 aromatic rings. The van der Waals surface area contributed by atoms with Gasteiger partial charge in [0.1, 0.15) is 5.82 Å². The van der Waals surface area contributed by atoms with Crippen molar-refractivity contribution in [2.75, 3.05) is 13.6 Å². The number of hydrogen-bond acceptors (Lipinski definition) is 4. The lowest BCUT2D eigenvalue weighted by molar-refractivity contribution is 0.0529. The van der Waals surface area contributed by atoms with Gasteiger partial charge in [-0.2, -0.15) is 0 Å². The van der Waals surface area contributed by atoms with Gasteiger partial charge in [0, 0.05) is 48.2 Å². The number of nitrogens with one attached hydrogen (secondary N) is 1. The number of nitrogens with zero attached hydrogens (tertiary/aromatic N) is 3. The van der Waals surface area contributed by atoms with Gasteiger partial charge in [-0.1, -0.05) is 33.4 Å². The molecule has 2 aromatic heterocycles. The molecule has 4 N–H and O–H groups in total. The molecule has 2 aliphatic carbocycles. The molecule has 0 spiro atoms. The lowest BCUT2D eigenvalue weighted by Gasteiger charge is -2.42. The molecule has 6 nitrogen and oxygen atoms in total. The van der Waals surface area contributed by atoms with Crippen molar-refractivity contribution in [3.63, 3.8) is 0 Å². The van der Waals surface area contributed by atoms with E-state index in [9.17, 15) is 5.11 Å². The summed E-state index contributed by atoms with van der Waals surface area (Å²) in [5.41, 5.74) is 12.4. The Kier molecular flexibility index (Phi) is 7.01. The second-order valence-electron chi connectivity index (χ2n) is 12.8. The van der Waals surface area contributed by atoms with Crippen LogP contribution in [0, 0.1) is 18.8 Å². The highest BCUT2D eigenvalue weighted by atomic mass is 16.3. The standard InChI is InChI=1S/C31H45N5O/c1-19(32)26-11-12-36(20(26)2)25-15-22(29(37)17-25)18-35(6)24-13-21(14-24)7-10-30-33-27-9-8-23(31(3,4)5)16-28(27)34-30/h8-9,11-12,16,21-22,24-25,29,37H,1,7,10,13-15,17-18,32H2,2-6H3,(H,33,34)/t21?,22-,24?,25-,29+/m1/s1. The van der Waals surface area contributed by atoms with Gasteiger partial charge >= 0.3 is 0 Å². The molecule has 3 atom stereocenters. The minimum absolute atomic E-state index is 0.146. The van der Waals surface area contributed by atoms with Crippen LogP contribution in [-0.4, -0.2) is 50.3 Å². The SMILES string of the molecule is C=C(N)c1ccn([C@@H]2C[C@H](CN(C)C3CC(CCc4nc5ccc(C(C)(C)C)cc5[nH]4)C3)[C@@H](O)C2)c1C. The molecule has 0 radical (unpaired) electrons. The maximum atomic E-state index is 10.8. The van der Waals surface area contributed by atoms with E-state index in [2.05, 4.69) is 80.2 Å². The first-order chi connectivity index (χ1) is 17.5. The summed E-state index contributed by atoms with van der Waals surface area (Å²) < 4.78 is 2.29. The number of aliphatic hydroxyl groups is 1. The van der Waals surface area contributed by atoms with Gasteiger partial charge in [-0.05, 0) is 87.1 Å². The monoisotopic (exact) mass is 503 g/mol. The third-order valence-corrected chi connectivity index (χ3v) is 9.09. The third kappa shape index (κ3) is 5.37. The number of imidazole rings is 1. The summed E-state index contributed by atoms with van der Waals surface area (Å²) in [6.07, 6.45) is 8.37. The fourth-order valence-electron chi connectivity index (χ4n) is 6.56. The summed E-state index contributed by atoms with van der Waals surface area (Å²) in [7, 11) is 2.24. The Balaban J connectivity index is 1.09. The van der Waals surface area contributed by atoms with Crippen molar-refractivity contribution in [1.82, 2.24) is 19.4 Å². The predicted molar refractivity (Wildman–Crippen MR) is 152 cm³/mol. The van der Waals surface area contributed by atoms with Gasteiger partial charge in [-0.15, -0.1) is 0 Å². The molecule has 0 unspecified atom stereocenters. The van der Waals surface area contributed by atoms with Crippen molar-refractivity contribution in [2.45, 2.75) is 89.8 Å². The highest BCUT2D eigenvalue weighted by Crippen LogP contribution is 2.40. The smallest absolute Gasteiger partial charge is 0.107 e. The van der Waals surface area contributed by atoms with Gasteiger partial charge in [-0.3, -0.25) is 0 Å². The Morgan fingerprint density at radius 2 is 1.97 bits per heavy atom. The maximum Gasteiger partial charge on any atom is 0.107 e. The van der Waals surface area contributed by atoms with E-state index in [4.69, 9.17) is 10.7 Å². The summed E-state index contributed by atoms with van der Waals surface area (Å²) >= 11 is 0. The van der Waals surface area contributed by atoms with Crippen LogP contribution < -0.4 is 5.73 Å². The fourth-order valence-corrected chi connectivity index (χ4v) is 6.56. The highest BCUT2D eigenvalue weighted by molar-refractivity contribution is 5.76. The van der Waals surface area contributed by atoms with Crippen molar-refractivity contribution in [2.24, 2.45) is 17.6 Å². The van der Waals surface area contributed by atoms with Crippen molar-refractivity contribution < 1.29 is 5.11 Å². The van der Waals surface area contributed by atoms with Crippen molar-refractivity contribution in [1.29, 1.82) is 0 Å². The number of nitrogens with two attached hydrogens (primary N) is 1. The summed E-state index contributed by atoms with van der Waals surface area (Å²) in [4.78, 5) is 10.9. The van der Waals surface area contributed by atoms with E-state index in [1.54, 1.807) is 0 Å². The topological polar surface area (TPSA) is 83.1 Å². The maximum absolute atomic E-state index is 10.8. The third-order valence-electron chi connectivity index (χ3n) is 9.09. The summed E-state index contributed by atoms with van der Waals surface area (Å²) in [6, 6.07) is 9.62. The first-order valence-electron chi connectivity index (χ1n) is 14.0. The van der Waals surface area contributed by atoms with Gasteiger partial charge in [0.05, 0.1) is 17.1 Å². The van der Waals surface area contributed by atoms with E-state index in [1.807, 2.05) is 6.07 Å². The van der Waals surface area contributed by atoms with Crippen molar-refractivity contribution >= 4 is 16.7 Å². The molecule has 0 bridgehead atoms. The molecule has 2 saturated carbocycles. The van der Waals surface area contributed by atoms with Crippen LogP contribution in [0.4, 0.5) is 0 Å². The van der Waals surface area contributed by atoms with Gasteiger partial charge in [0.25, 0.3) is 0 Å². The van der Waals surface area contributed by atoms with Crippen LogP contribution in [0.3, 0.4) is 0 Å². The zero-order chi connectivity index (χ0) is 26.5. The average Bonchev–Trinajstić information content (AvgIpc) is 3.47. The predicted octanol–water partition coefficient (Wildman–Crippen LogP) is 5.55. The van der Waals surface area contributed by atoms with Crippen molar-refractivity contribution in [3.05, 3.63) is 59.7 Å². The average molecular weight is 504 g/mol. The van der Waals surface area contributed by atoms with E-state index >= 15 is 0 Å². The van der Waals surface area contributed by atoms with Crippen LogP contribution in [0.1, 0.15) is 81.6 Å². The number of aromatic nitrogens is 3. The van der Waals surface area contributed by atoms with Gasteiger partial charge in [-0.25, -0.2) is 4.98 Å². The number of aromatic amines is 1. The van der Waals surface area contributed by atoms with Crippen molar-refractivity contribution in [3.8, 4) is 0 Å². The molecule has 6 heteroatoms. The zero-order valence-electron chi connectivity index (χ0n) is 23.3. The van der Waals surface area contributed by atoms with E-state index in [-0.39, 0.29) is 11.5 Å². The van der Waals surface area contributed by atoms with Crippen LogP contribution in [0.5, 0.6) is 0 Å². The first-order valence-corrected chi connectivity index (χ1v) is 14.0. The minimum atomic E-state index is -0.249. The van der Waals surface area contributed by atoms with Crippen LogP contribution in [0.15, 0.2) is 37.0 Å². The Bertz CT molecular complexity index is 1260. The van der Waals surface area contributed by atoms with Gasteiger partial charge < -0.3 is 25.3 Å². The van der Waals surface area contributed by atoms with Gasteiger partial charge in [0.2, 0.25) is 0 Å². The molecule has 37 heavy (non-hydrogen) atoms. The molecular formula is C31H45N5O. The van der Waals surface area contributed by atoms with E-state index < -0.39 is 0 Å². The molecule has 5 rings (SSSR count). The highest BCUT2D eigenvalue weighted by Gasteiger charge is 2.38. The Morgan fingerprint density at radius 1 is 1.22 bits per heavy atom. The lowest BCUT2D eigenvalue weighted by Crippen LogP contribution is -2.45. The van der Waals surface area contributed by atoms with Crippen LogP contribution in [0.2, 0.25) is 0 Å². The lowest BCUT2D eigenvalue weighted by atomic mass is 9.76. The molecule has 200 valence electrons. The van der Waals surface area contributed by atoms with E-state index in [0.29, 0.717) is 23.7 Å². The van der Waals surface area contributed by atoms with E-state index in [1.165, 1.54) is 24.8 Å². The zero-order valence-corrected chi connectivity index (χ0v) is 23.3. The normalized spacial score (nSPS) is 26.2. The molecule has 0 amide bonds. The number of rotatable bonds is 8. The molecule has 2 heterocycles. The molecule has 0 saturated heterocycles. The molecule has 0 aliphatic heterocycles. The molecule has 1 aromatic carbocycles. The minimum Gasteiger partial charge on any atom is -0.399 e. The van der Waals surface area contributed by atoms with Crippen LogP contribution >= 0.6 is 0 Å².